The molecule has 0 N–H and O–H groups in total. The molecule has 1 aromatic rings. The van der Waals surface area contributed by atoms with Crippen molar-refractivity contribution >= 4 is 46.7 Å². The Kier molecular flexibility index (Phi) is 2.81. The maximum Gasteiger partial charge on any atom is 0.338 e. The summed E-state index contributed by atoms with van der Waals surface area (Å²) in [7, 11) is 1.24. The van der Waals surface area contributed by atoms with Gasteiger partial charge in [0.15, 0.2) is 0 Å². The number of rotatable bonds is 1. The molecule has 0 saturated carbocycles. The highest BCUT2D eigenvalue weighted by atomic mass is 35.5. The van der Waals surface area contributed by atoms with Gasteiger partial charge >= 0.3 is 17.8 Å². The van der Waals surface area contributed by atoms with Gasteiger partial charge in [-0.2, -0.15) is 0 Å². The molecule has 1 saturated heterocycles. The summed E-state index contributed by atoms with van der Waals surface area (Å²) in [4.78, 5) is 36.0. The van der Waals surface area contributed by atoms with E-state index in [4.69, 9.17) is 23.2 Å². The summed E-state index contributed by atoms with van der Waals surface area (Å²) in [5, 5.41) is 0.501. The Labute approximate surface area is 106 Å². The minimum atomic E-state index is -0.907. The van der Waals surface area contributed by atoms with E-state index in [1.165, 1.54) is 25.2 Å². The fourth-order valence-electron chi connectivity index (χ4n) is 1.41. The molecule has 5 nitrogen and oxygen atoms in total. The van der Waals surface area contributed by atoms with Gasteiger partial charge in [-0.3, -0.25) is 14.5 Å². The fourth-order valence-corrected chi connectivity index (χ4v) is 1.71. The van der Waals surface area contributed by atoms with Crippen LogP contribution in [-0.4, -0.2) is 29.8 Å². The van der Waals surface area contributed by atoms with Crippen LogP contribution in [0.3, 0.4) is 0 Å². The first-order valence-electron chi connectivity index (χ1n) is 4.54. The van der Waals surface area contributed by atoms with E-state index in [1.54, 1.807) is 0 Å². The van der Waals surface area contributed by atoms with Gasteiger partial charge in [0.05, 0.1) is 15.7 Å². The summed E-state index contributed by atoms with van der Waals surface area (Å²) >= 11 is 11.5. The summed E-state index contributed by atoms with van der Waals surface area (Å²) in [5.41, 5.74) is 0.215. The number of carbonyl (C=O) groups excluding carboxylic acids is 3. The predicted molar refractivity (Wildman–Crippen MR) is 62.1 cm³/mol. The second-order valence-electron chi connectivity index (χ2n) is 3.39. The van der Waals surface area contributed by atoms with Gasteiger partial charge in [0.1, 0.15) is 0 Å². The number of halogens is 2. The molecule has 0 bridgehead atoms. The Morgan fingerprint density at radius 3 is 2.12 bits per heavy atom. The number of nitrogens with zero attached hydrogens (tertiary/aromatic N) is 2. The molecule has 0 unspecified atom stereocenters. The maximum atomic E-state index is 11.7. The third kappa shape index (κ3) is 1.77. The van der Waals surface area contributed by atoms with Crippen molar-refractivity contribution in [2.45, 2.75) is 0 Å². The van der Waals surface area contributed by atoms with E-state index >= 15 is 0 Å². The lowest BCUT2D eigenvalue weighted by Crippen LogP contribution is -2.31. The van der Waals surface area contributed by atoms with Crippen molar-refractivity contribution in [3.8, 4) is 0 Å². The Morgan fingerprint density at radius 1 is 1.00 bits per heavy atom. The number of urea groups is 1. The average molecular weight is 273 g/mol. The summed E-state index contributed by atoms with van der Waals surface area (Å²) in [6.07, 6.45) is 0. The minimum Gasteiger partial charge on any atom is -0.263 e. The van der Waals surface area contributed by atoms with Gasteiger partial charge in [0.2, 0.25) is 0 Å². The third-order valence-electron chi connectivity index (χ3n) is 2.33. The molecule has 2 rings (SSSR count). The van der Waals surface area contributed by atoms with Crippen LogP contribution in [0.25, 0.3) is 0 Å². The fraction of sp³-hybridized carbons (Fsp3) is 0.100. The highest BCUT2D eigenvalue weighted by Crippen LogP contribution is 2.29. The number of amides is 4. The second-order valence-corrected chi connectivity index (χ2v) is 4.20. The largest absolute Gasteiger partial charge is 0.338 e. The van der Waals surface area contributed by atoms with E-state index in [-0.39, 0.29) is 10.7 Å². The quantitative estimate of drug-likeness (QED) is 0.580. The molecule has 88 valence electrons. The molecule has 0 radical (unpaired) electrons. The van der Waals surface area contributed by atoms with Crippen LogP contribution >= 0.6 is 23.2 Å². The summed E-state index contributed by atoms with van der Waals surface area (Å²) < 4.78 is 0. The van der Waals surface area contributed by atoms with E-state index in [9.17, 15) is 14.4 Å². The van der Waals surface area contributed by atoms with Gasteiger partial charge in [-0.05, 0) is 18.2 Å². The molecule has 7 heteroatoms. The van der Waals surface area contributed by atoms with Gasteiger partial charge in [-0.25, -0.2) is 9.69 Å². The van der Waals surface area contributed by atoms with Crippen molar-refractivity contribution < 1.29 is 14.4 Å². The van der Waals surface area contributed by atoms with Crippen LogP contribution in [0.1, 0.15) is 0 Å². The standard InChI is InChI=1S/C10H6Cl2N2O3/c1-13-8(15)9(16)14(10(13)17)5-2-3-6(11)7(12)4-5/h2-4H,1H3. The van der Waals surface area contributed by atoms with Gasteiger partial charge < -0.3 is 0 Å². The number of imide groups is 2. The smallest absolute Gasteiger partial charge is 0.263 e. The number of benzene rings is 1. The zero-order valence-corrected chi connectivity index (χ0v) is 10.1. The van der Waals surface area contributed by atoms with Crippen LogP contribution in [0.15, 0.2) is 18.2 Å². The summed E-state index contributed by atoms with van der Waals surface area (Å²) in [6.45, 7) is 0. The molecular weight excluding hydrogens is 267 g/mol. The number of likely N-dealkylation sites (N-methyl/N-ethyl adjacent to an activating group) is 1. The highest BCUT2D eigenvalue weighted by molar-refractivity contribution is 6.53. The Balaban J connectivity index is 2.47. The maximum absolute atomic E-state index is 11.7. The molecule has 17 heavy (non-hydrogen) atoms. The monoisotopic (exact) mass is 272 g/mol. The molecule has 0 spiro atoms. The lowest BCUT2D eigenvalue weighted by molar-refractivity contribution is -0.138. The Hall–Kier alpha value is -1.59. The molecule has 1 aliphatic heterocycles. The van der Waals surface area contributed by atoms with Crippen LogP contribution in [0.5, 0.6) is 0 Å². The SMILES string of the molecule is CN1C(=O)C(=O)N(c2ccc(Cl)c(Cl)c2)C1=O. The van der Waals surface area contributed by atoms with Crippen LogP contribution in [0.4, 0.5) is 10.5 Å². The van der Waals surface area contributed by atoms with E-state index in [1.807, 2.05) is 0 Å². The van der Waals surface area contributed by atoms with Crippen LogP contribution in [-0.2, 0) is 9.59 Å². The third-order valence-corrected chi connectivity index (χ3v) is 3.07. The highest BCUT2D eigenvalue weighted by Gasteiger charge is 2.43. The van der Waals surface area contributed by atoms with Crippen molar-refractivity contribution in [2.75, 3.05) is 11.9 Å². The number of hydrogen-bond donors (Lipinski definition) is 0. The van der Waals surface area contributed by atoms with Crippen molar-refractivity contribution in [1.29, 1.82) is 0 Å². The van der Waals surface area contributed by atoms with Gasteiger partial charge in [0.25, 0.3) is 0 Å². The van der Waals surface area contributed by atoms with E-state index in [2.05, 4.69) is 0 Å². The van der Waals surface area contributed by atoms with Crippen molar-refractivity contribution in [2.24, 2.45) is 0 Å². The molecule has 1 fully saturated rings. The molecule has 0 atom stereocenters. The first kappa shape index (κ1) is 11.9. The first-order chi connectivity index (χ1) is 7.93. The van der Waals surface area contributed by atoms with Crippen LogP contribution in [0.2, 0.25) is 10.0 Å². The van der Waals surface area contributed by atoms with Crippen LogP contribution in [0, 0.1) is 0 Å². The van der Waals surface area contributed by atoms with Gasteiger partial charge in [0, 0.05) is 7.05 Å². The van der Waals surface area contributed by atoms with E-state index < -0.39 is 17.8 Å². The zero-order chi connectivity index (χ0) is 12.7. The molecule has 1 heterocycles. The molecule has 0 aliphatic carbocycles. The summed E-state index contributed by atoms with van der Waals surface area (Å²) in [5.74, 6) is -1.78. The number of hydrogen-bond acceptors (Lipinski definition) is 3. The molecule has 1 aromatic carbocycles. The Bertz CT molecular complexity index is 544. The Morgan fingerprint density at radius 2 is 1.65 bits per heavy atom. The molecule has 4 amide bonds. The molecule has 1 aliphatic rings. The topological polar surface area (TPSA) is 57.7 Å². The van der Waals surface area contributed by atoms with E-state index in [0.717, 1.165) is 9.80 Å². The molecule has 0 aromatic heterocycles. The lowest BCUT2D eigenvalue weighted by Gasteiger charge is -2.13. The first-order valence-corrected chi connectivity index (χ1v) is 5.30. The van der Waals surface area contributed by atoms with Crippen molar-refractivity contribution in [3.63, 3.8) is 0 Å². The average Bonchev–Trinajstić information content (AvgIpc) is 2.48. The predicted octanol–water partition coefficient (Wildman–Crippen LogP) is 1.92. The second kappa shape index (κ2) is 4.01. The number of anilines is 1. The molecular formula is C10H6Cl2N2O3. The number of carbonyl (C=O) groups is 3. The van der Waals surface area contributed by atoms with Gasteiger partial charge in [-0.15, -0.1) is 0 Å². The van der Waals surface area contributed by atoms with Crippen molar-refractivity contribution in [3.05, 3.63) is 28.2 Å². The van der Waals surface area contributed by atoms with Crippen LogP contribution < -0.4 is 4.90 Å². The normalized spacial score (nSPS) is 16.1. The van der Waals surface area contributed by atoms with E-state index in [0.29, 0.717) is 5.02 Å². The minimum absolute atomic E-state index is 0.201. The van der Waals surface area contributed by atoms with Gasteiger partial charge in [-0.1, -0.05) is 23.2 Å². The van der Waals surface area contributed by atoms with Crippen molar-refractivity contribution in [1.82, 2.24) is 4.90 Å². The summed E-state index contributed by atoms with van der Waals surface area (Å²) in [6, 6.07) is 3.53. The zero-order valence-electron chi connectivity index (χ0n) is 8.61. The lowest BCUT2D eigenvalue weighted by atomic mass is 10.3.